The fraction of sp³-hybridized carbons (Fsp3) is 0.500. The molecule has 1 nitrogen and oxygen atoms in total. The smallest absolute Gasteiger partial charge is 0.387 e. The summed E-state index contributed by atoms with van der Waals surface area (Å²) in [7, 11) is 0. The molecule has 4 heteroatoms. The van der Waals surface area contributed by atoms with Crippen LogP contribution in [-0.4, -0.2) is 11.9 Å². The Hall–Kier alpha value is -0.640. The number of rotatable bonds is 6. The van der Waals surface area contributed by atoms with Gasteiger partial charge in [-0.2, -0.15) is 8.78 Å². The number of hydrogen-bond donors (Lipinski definition) is 0. The molecule has 0 aliphatic rings. The molecule has 0 radical (unpaired) electrons. The van der Waals surface area contributed by atoms with Gasteiger partial charge in [-0.25, -0.2) is 0 Å². The molecule has 1 aromatic rings. The zero-order valence-electron chi connectivity index (χ0n) is 9.18. The lowest BCUT2D eigenvalue weighted by Gasteiger charge is -2.10. The van der Waals surface area contributed by atoms with Crippen LogP contribution in [-0.2, 0) is 12.8 Å². The van der Waals surface area contributed by atoms with Crippen LogP contribution in [0.4, 0.5) is 8.78 Å². The molecule has 16 heavy (non-hydrogen) atoms. The molecule has 0 unspecified atom stereocenters. The predicted octanol–water partition coefficient (Wildman–Crippen LogP) is 4.18. The van der Waals surface area contributed by atoms with E-state index in [0.717, 1.165) is 30.2 Å². The monoisotopic (exact) mass is 292 g/mol. The first-order chi connectivity index (χ1) is 7.67. The van der Waals surface area contributed by atoms with Crippen LogP contribution in [0.15, 0.2) is 18.2 Å². The van der Waals surface area contributed by atoms with Gasteiger partial charge in [0.2, 0.25) is 0 Å². The first-order valence-corrected chi connectivity index (χ1v) is 6.42. The van der Waals surface area contributed by atoms with E-state index in [1.807, 2.05) is 13.0 Å². The van der Waals surface area contributed by atoms with E-state index >= 15 is 0 Å². The van der Waals surface area contributed by atoms with Crippen molar-refractivity contribution >= 4 is 15.9 Å². The number of aryl methyl sites for hydroxylation is 2. The summed E-state index contributed by atoms with van der Waals surface area (Å²) in [5.41, 5.74) is 2.29. The molecule has 0 aliphatic heterocycles. The molecule has 0 heterocycles. The summed E-state index contributed by atoms with van der Waals surface area (Å²) in [6.45, 7) is -0.739. The second-order valence-corrected chi connectivity index (χ2v) is 4.25. The zero-order valence-corrected chi connectivity index (χ0v) is 10.8. The van der Waals surface area contributed by atoms with Gasteiger partial charge in [0, 0.05) is 5.33 Å². The molecule has 0 amide bonds. The Morgan fingerprint density at radius 1 is 1.31 bits per heavy atom. The van der Waals surface area contributed by atoms with E-state index in [1.165, 1.54) is 5.56 Å². The Balaban J connectivity index is 2.79. The van der Waals surface area contributed by atoms with E-state index < -0.39 is 6.61 Å². The van der Waals surface area contributed by atoms with Crippen LogP contribution in [0.5, 0.6) is 5.75 Å². The fourth-order valence-electron chi connectivity index (χ4n) is 1.61. The number of hydrogen-bond acceptors (Lipinski definition) is 1. The Labute approximate surface area is 103 Å². The van der Waals surface area contributed by atoms with Crippen molar-refractivity contribution in [3.05, 3.63) is 29.3 Å². The molecular weight excluding hydrogens is 278 g/mol. The van der Waals surface area contributed by atoms with E-state index in [-0.39, 0.29) is 5.75 Å². The van der Waals surface area contributed by atoms with Crippen LogP contribution in [0.25, 0.3) is 0 Å². The van der Waals surface area contributed by atoms with Gasteiger partial charge in [-0.15, -0.1) is 0 Å². The molecule has 1 rings (SSSR count). The van der Waals surface area contributed by atoms with E-state index in [4.69, 9.17) is 0 Å². The van der Waals surface area contributed by atoms with E-state index in [1.54, 1.807) is 12.1 Å². The lowest BCUT2D eigenvalue weighted by molar-refractivity contribution is -0.0498. The van der Waals surface area contributed by atoms with Crippen molar-refractivity contribution in [2.24, 2.45) is 0 Å². The molecule has 0 aromatic heterocycles. The van der Waals surface area contributed by atoms with Crippen molar-refractivity contribution in [2.75, 3.05) is 5.33 Å². The van der Waals surface area contributed by atoms with E-state index in [9.17, 15) is 8.78 Å². The Morgan fingerprint density at radius 2 is 2.06 bits per heavy atom. The third-order valence-corrected chi connectivity index (χ3v) is 2.92. The van der Waals surface area contributed by atoms with Crippen LogP contribution in [0, 0.1) is 0 Å². The van der Waals surface area contributed by atoms with Crippen molar-refractivity contribution < 1.29 is 13.5 Å². The Morgan fingerprint density at radius 3 is 2.62 bits per heavy atom. The second-order valence-electron chi connectivity index (χ2n) is 3.46. The summed E-state index contributed by atoms with van der Waals surface area (Å²) in [5, 5.41) is 0.950. The van der Waals surface area contributed by atoms with Gasteiger partial charge in [-0.05, 0) is 42.5 Å². The highest BCUT2D eigenvalue weighted by Gasteiger charge is 2.07. The molecule has 0 bridgehead atoms. The minimum absolute atomic E-state index is 0.245. The number of alkyl halides is 3. The van der Waals surface area contributed by atoms with Gasteiger partial charge in [0.05, 0.1) is 0 Å². The van der Waals surface area contributed by atoms with Crippen LogP contribution >= 0.6 is 15.9 Å². The first-order valence-electron chi connectivity index (χ1n) is 5.30. The third kappa shape index (κ3) is 4.08. The van der Waals surface area contributed by atoms with Crippen molar-refractivity contribution in [2.45, 2.75) is 32.8 Å². The Kier molecular flexibility index (Phi) is 5.74. The Bertz CT molecular complexity index is 329. The second kappa shape index (κ2) is 6.84. The molecule has 90 valence electrons. The summed E-state index contributed by atoms with van der Waals surface area (Å²) in [4.78, 5) is 0. The van der Waals surface area contributed by atoms with E-state index in [2.05, 4.69) is 20.7 Å². The molecule has 0 spiro atoms. The van der Waals surface area contributed by atoms with Crippen LogP contribution < -0.4 is 4.74 Å². The standard InChI is InChI=1S/C12H15BrF2O/c1-2-9-8-11(16-12(14)15)6-5-10(9)4-3-7-13/h5-6,8,12H,2-4,7H2,1H3. The summed E-state index contributed by atoms with van der Waals surface area (Å²) >= 11 is 3.38. The highest BCUT2D eigenvalue weighted by Crippen LogP contribution is 2.21. The van der Waals surface area contributed by atoms with Gasteiger partial charge in [0.1, 0.15) is 5.75 Å². The molecule has 0 N–H and O–H groups in total. The molecule has 0 saturated carbocycles. The minimum Gasteiger partial charge on any atom is -0.435 e. The average Bonchev–Trinajstić information content (AvgIpc) is 2.26. The van der Waals surface area contributed by atoms with Gasteiger partial charge >= 0.3 is 6.61 Å². The molecule has 0 saturated heterocycles. The molecule has 0 fully saturated rings. The highest BCUT2D eigenvalue weighted by atomic mass is 79.9. The number of halogens is 3. The number of benzene rings is 1. The predicted molar refractivity (Wildman–Crippen MR) is 64.6 cm³/mol. The zero-order chi connectivity index (χ0) is 12.0. The summed E-state index contributed by atoms with van der Waals surface area (Å²) in [6, 6.07) is 5.18. The normalized spacial score (nSPS) is 10.8. The molecule has 0 atom stereocenters. The summed E-state index contributed by atoms with van der Waals surface area (Å²) < 4.78 is 28.4. The maximum atomic E-state index is 12.0. The topological polar surface area (TPSA) is 9.23 Å². The van der Waals surface area contributed by atoms with Crippen LogP contribution in [0.1, 0.15) is 24.5 Å². The minimum atomic E-state index is -2.75. The SMILES string of the molecule is CCc1cc(OC(F)F)ccc1CCCBr. The maximum absolute atomic E-state index is 12.0. The highest BCUT2D eigenvalue weighted by molar-refractivity contribution is 9.09. The van der Waals surface area contributed by atoms with Crippen molar-refractivity contribution in [1.29, 1.82) is 0 Å². The lowest BCUT2D eigenvalue weighted by Crippen LogP contribution is -2.03. The summed E-state index contributed by atoms with van der Waals surface area (Å²) in [5.74, 6) is 0.245. The van der Waals surface area contributed by atoms with Gasteiger partial charge < -0.3 is 4.74 Å². The number of ether oxygens (including phenoxy) is 1. The lowest BCUT2D eigenvalue weighted by atomic mass is 10.0. The van der Waals surface area contributed by atoms with Crippen LogP contribution in [0.2, 0.25) is 0 Å². The summed E-state index contributed by atoms with van der Waals surface area (Å²) in [6.07, 6.45) is 2.84. The average molecular weight is 293 g/mol. The fourth-order valence-corrected chi connectivity index (χ4v) is 1.89. The third-order valence-electron chi connectivity index (χ3n) is 2.36. The van der Waals surface area contributed by atoms with Gasteiger partial charge in [-0.1, -0.05) is 28.9 Å². The van der Waals surface area contributed by atoms with Gasteiger partial charge in [0.25, 0.3) is 0 Å². The quantitative estimate of drug-likeness (QED) is 0.715. The van der Waals surface area contributed by atoms with Crippen molar-refractivity contribution in [1.82, 2.24) is 0 Å². The molecule has 1 aromatic carbocycles. The van der Waals surface area contributed by atoms with Gasteiger partial charge in [-0.3, -0.25) is 0 Å². The maximum Gasteiger partial charge on any atom is 0.387 e. The van der Waals surface area contributed by atoms with Crippen molar-refractivity contribution in [3.63, 3.8) is 0 Å². The van der Waals surface area contributed by atoms with E-state index in [0.29, 0.717) is 0 Å². The first kappa shape index (κ1) is 13.4. The largest absolute Gasteiger partial charge is 0.435 e. The molecule has 0 aliphatic carbocycles. The van der Waals surface area contributed by atoms with Crippen LogP contribution in [0.3, 0.4) is 0 Å². The van der Waals surface area contributed by atoms with Gasteiger partial charge in [0.15, 0.2) is 0 Å². The van der Waals surface area contributed by atoms with Crippen molar-refractivity contribution in [3.8, 4) is 5.75 Å². The molecular formula is C12H15BrF2O.